The average molecular weight is 360 g/mol. The lowest BCUT2D eigenvalue weighted by molar-refractivity contribution is -0.277. The molecular formula is C16H24O9. The van der Waals surface area contributed by atoms with Crippen LogP contribution < -0.4 is 9.47 Å². The van der Waals surface area contributed by atoms with Crippen LogP contribution in [0.1, 0.15) is 5.56 Å². The molecule has 0 spiro atoms. The molecule has 0 aliphatic carbocycles. The summed E-state index contributed by atoms with van der Waals surface area (Å²) >= 11 is 0. The van der Waals surface area contributed by atoms with Gasteiger partial charge in [0.05, 0.1) is 26.4 Å². The molecule has 6 N–H and O–H groups in total. The van der Waals surface area contributed by atoms with Crippen LogP contribution in [0.3, 0.4) is 0 Å². The first-order valence-corrected chi connectivity index (χ1v) is 7.84. The Kier molecular flexibility index (Phi) is 6.96. The number of ether oxygens (including phenoxy) is 3. The minimum atomic E-state index is -1.54. The average Bonchev–Trinajstić information content (AvgIpc) is 2.62. The highest BCUT2D eigenvalue weighted by molar-refractivity contribution is 5.43. The van der Waals surface area contributed by atoms with E-state index in [4.69, 9.17) is 19.3 Å². The second-order valence-electron chi connectivity index (χ2n) is 5.84. The Balaban J connectivity index is 2.15. The second-order valence-corrected chi connectivity index (χ2v) is 5.84. The third kappa shape index (κ3) is 4.59. The Labute approximate surface area is 144 Å². The number of methoxy groups -OCH3 is 1. The van der Waals surface area contributed by atoms with Crippen molar-refractivity contribution in [1.29, 1.82) is 0 Å². The molecule has 1 aliphatic heterocycles. The van der Waals surface area contributed by atoms with E-state index >= 15 is 0 Å². The predicted octanol–water partition coefficient (Wildman–Crippen LogP) is -2.23. The predicted molar refractivity (Wildman–Crippen MR) is 84.2 cm³/mol. The number of hydrogen-bond acceptors (Lipinski definition) is 9. The van der Waals surface area contributed by atoms with Crippen molar-refractivity contribution in [2.45, 2.75) is 43.2 Å². The van der Waals surface area contributed by atoms with E-state index in [2.05, 4.69) is 0 Å². The molecule has 0 aromatic heterocycles. The maximum atomic E-state index is 10.0. The van der Waals surface area contributed by atoms with Gasteiger partial charge >= 0.3 is 0 Å². The molecule has 0 amide bonds. The summed E-state index contributed by atoms with van der Waals surface area (Å²) < 4.78 is 16.0. The van der Waals surface area contributed by atoms with Crippen LogP contribution in [0.25, 0.3) is 0 Å². The van der Waals surface area contributed by atoms with Crippen molar-refractivity contribution in [1.82, 2.24) is 0 Å². The van der Waals surface area contributed by atoms with Gasteiger partial charge in [-0.25, -0.2) is 0 Å². The van der Waals surface area contributed by atoms with Crippen LogP contribution in [-0.4, -0.2) is 87.8 Å². The van der Waals surface area contributed by atoms with Gasteiger partial charge in [0.25, 0.3) is 0 Å². The van der Waals surface area contributed by atoms with Crippen molar-refractivity contribution >= 4 is 0 Å². The summed E-state index contributed by atoms with van der Waals surface area (Å²) in [6, 6.07) is 4.76. The fraction of sp³-hybridized carbons (Fsp3) is 0.625. The van der Waals surface area contributed by atoms with Gasteiger partial charge in [0, 0.05) is 6.42 Å². The van der Waals surface area contributed by atoms with E-state index in [1.54, 1.807) is 12.1 Å². The van der Waals surface area contributed by atoms with Gasteiger partial charge in [-0.2, -0.15) is 0 Å². The molecule has 1 aromatic carbocycles. The smallest absolute Gasteiger partial charge is 0.229 e. The molecule has 0 saturated carbocycles. The van der Waals surface area contributed by atoms with Gasteiger partial charge in [-0.05, 0) is 17.7 Å². The lowest BCUT2D eigenvalue weighted by Crippen LogP contribution is -2.60. The summed E-state index contributed by atoms with van der Waals surface area (Å²) in [6.07, 6.45) is -7.62. The molecule has 1 saturated heterocycles. The third-order valence-electron chi connectivity index (χ3n) is 4.00. The van der Waals surface area contributed by atoms with Gasteiger partial charge in [-0.15, -0.1) is 0 Å². The summed E-state index contributed by atoms with van der Waals surface area (Å²) in [5, 5.41) is 57.2. The highest BCUT2D eigenvalue weighted by Crippen LogP contribution is 2.32. The Bertz CT molecular complexity index is 550. The number of aliphatic hydroxyl groups excluding tert-OH is 6. The van der Waals surface area contributed by atoms with Crippen LogP contribution in [0.4, 0.5) is 0 Å². The second kappa shape index (κ2) is 8.77. The van der Waals surface area contributed by atoms with Crippen molar-refractivity contribution in [3.05, 3.63) is 23.8 Å². The van der Waals surface area contributed by atoms with Crippen molar-refractivity contribution in [3.63, 3.8) is 0 Å². The van der Waals surface area contributed by atoms with Crippen LogP contribution >= 0.6 is 0 Å². The summed E-state index contributed by atoms with van der Waals surface area (Å²) in [4.78, 5) is 0. The highest BCUT2D eigenvalue weighted by atomic mass is 16.7. The lowest BCUT2D eigenvalue weighted by atomic mass is 9.99. The van der Waals surface area contributed by atoms with Gasteiger partial charge in [0.1, 0.15) is 24.4 Å². The highest BCUT2D eigenvalue weighted by Gasteiger charge is 2.44. The first-order chi connectivity index (χ1) is 11.9. The Morgan fingerprint density at radius 1 is 1.08 bits per heavy atom. The topological polar surface area (TPSA) is 149 Å². The van der Waals surface area contributed by atoms with E-state index in [0.29, 0.717) is 11.3 Å². The number of rotatable bonds is 7. The van der Waals surface area contributed by atoms with Crippen LogP contribution in [-0.2, 0) is 11.2 Å². The molecule has 0 bridgehead atoms. The van der Waals surface area contributed by atoms with E-state index in [1.165, 1.54) is 13.2 Å². The zero-order valence-corrected chi connectivity index (χ0v) is 13.7. The standard InChI is InChI=1S/C16H24O9/c1-23-11-5-8(4-9(19)6-17)2-3-10(11)24-16-15(22)14(21)13(20)12(7-18)25-16/h2-3,5,9,12-22H,4,6-7H2,1H3/t9-,12-,13-,14+,15-,16-/m1/s1. The van der Waals surface area contributed by atoms with E-state index in [-0.39, 0.29) is 18.8 Å². The molecule has 1 heterocycles. The maximum absolute atomic E-state index is 10.0. The molecule has 9 nitrogen and oxygen atoms in total. The lowest BCUT2D eigenvalue weighted by Gasteiger charge is -2.39. The normalized spacial score (nSPS) is 30.8. The number of aliphatic hydroxyl groups is 6. The van der Waals surface area contributed by atoms with Crippen molar-refractivity contribution in [2.75, 3.05) is 20.3 Å². The van der Waals surface area contributed by atoms with Gasteiger partial charge in [0.2, 0.25) is 6.29 Å². The van der Waals surface area contributed by atoms with E-state index in [9.17, 15) is 25.5 Å². The number of benzene rings is 1. The van der Waals surface area contributed by atoms with Gasteiger partial charge < -0.3 is 44.8 Å². The van der Waals surface area contributed by atoms with Gasteiger partial charge in [0.15, 0.2) is 11.5 Å². The van der Waals surface area contributed by atoms with Crippen molar-refractivity contribution in [3.8, 4) is 11.5 Å². The van der Waals surface area contributed by atoms with Crippen LogP contribution in [0.15, 0.2) is 18.2 Å². The molecule has 1 fully saturated rings. The Hall–Kier alpha value is -1.46. The summed E-state index contributed by atoms with van der Waals surface area (Å²) in [5.41, 5.74) is 0.694. The molecule has 2 rings (SSSR count). The number of hydrogen-bond donors (Lipinski definition) is 6. The first kappa shape index (κ1) is 19.9. The Morgan fingerprint density at radius 2 is 1.80 bits per heavy atom. The SMILES string of the molecule is COc1cc(C[C@@H](O)CO)ccc1O[C@@H]1O[C@H](CO)[C@@H](O)[C@H](O)[C@H]1O. The van der Waals surface area contributed by atoms with Crippen molar-refractivity contribution < 1.29 is 44.8 Å². The molecule has 25 heavy (non-hydrogen) atoms. The molecular weight excluding hydrogens is 336 g/mol. The summed E-state index contributed by atoms with van der Waals surface area (Å²) in [5.74, 6) is 0.494. The quantitative estimate of drug-likeness (QED) is 0.318. The van der Waals surface area contributed by atoms with E-state index in [1.807, 2.05) is 0 Å². The zero-order chi connectivity index (χ0) is 18.6. The monoisotopic (exact) mass is 360 g/mol. The first-order valence-electron chi connectivity index (χ1n) is 7.84. The fourth-order valence-corrected chi connectivity index (χ4v) is 2.56. The fourth-order valence-electron chi connectivity index (χ4n) is 2.56. The Morgan fingerprint density at radius 3 is 2.40 bits per heavy atom. The largest absolute Gasteiger partial charge is 0.493 e. The molecule has 1 aromatic rings. The van der Waals surface area contributed by atoms with Gasteiger partial charge in [-0.1, -0.05) is 6.07 Å². The summed E-state index contributed by atoms with van der Waals surface area (Å²) in [7, 11) is 1.40. The molecule has 9 heteroatoms. The molecule has 142 valence electrons. The van der Waals surface area contributed by atoms with Crippen LogP contribution in [0.2, 0.25) is 0 Å². The molecule has 0 unspecified atom stereocenters. The molecule has 1 aliphatic rings. The van der Waals surface area contributed by atoms with Gasteiger partial charge in [-0.3, -0.25) is 0 Å². The zero-order valence-electron chi connectivity index (χ0n) is 13.7. The van der Waals surface area contributed by atoms with E-state index < -0.39 is 43.4 Å². The minimum absolute atomic E-state index is 0.203. The van der Waals surface area contributed by atoms with Crippen LogP contribution in [0.5, 0.6) is 11.5 Å². The maximum Gasteiger partial charge on any atom is 0.229 e. The van der Waals surface area contributed by atoms with Crippen LogP contribution in [0, 0.1) is 0 Å². The van der Waals surface area contributed by atoms with E-state index in [0.717, 1.165) is 0 Å². The van der Waals surface area contributed by atoms with Crippen molar-refractivity contribution in [2.24, 2.45) is 0 Å². The minimum Gasteiger partial charge on any atom is -0.493 e. The third-order valence-corrected chi connectivity index (χ3v) is 4.00. The molecule has 6 atom stereocenters. The molecule has 0 radical (unpaired) electrons. The summed E-state index contributed by atoms with van der Waals surface area (Å²) in [6.45, 7) is -0.925.